The molecule has 0 saturated carbocycles. The van der Waals surface area contributed by atoms with Crippen molar-refractivity contribution in [3.63, 3.8) is 0 Å². The number of carbonyl (C=O) groups is 1. The number of aromatic amines is 1. The number of carbonyl (C=O) groups excluding carboxylic acids is 1. The fourth-order valence-corrected chi connectivity index (χ4v) is 4.08. The van der Waals surface area contributed by atoms with E-state index >= 15 is 0 Å². The number of fused-ring (bicyclic) bond motifs is 2. The molecular weight excluding hydrogens is 444 g/mol. The van der Waals surface area contributed by atoms with Gasteiger partial charge in [0.2, 0.25) is 5.91 Å². The van der Waals surface area contributed by atoms with E-state index in [1.54, 1.807) is 24.7 Å². The number of sulfone groups is 1. The molecule has 0 radical (unpaired) electrons. The molecule has 0 saturated heterocycles. The molecule has 0 bridgehead atoms. The summed E-state index contributed by atoms with van der Waals surface area (Å²) in [6.45, 7) is 1.89. The Bertz CT molecular complexity index is 1640. The molecule has 12 heteroatoms. The third kappa shape index (κ3) is 4.03. The van der Waals surface area contributed by atoms with Crippen LogP contribution in [0.25, 0.3) is 39.4 Å². The molecule has 5 rings (SSSR count). The van der Waals surface area contributed by atoms with Crippen LogP contribution < -0.4 is 5.32 Å². The molecular formula is C21H18N8O3S. The number of aryl methyl sites for hydroxylation is 1. The zero-order valence-corrected chi connectivity index (χ0v) is 18.5. The highest BCUT2D eigenvalue weighted by Crippen LogP contribution is 2.28. The van der Waals surface area contributed by atoms with Crippen LogP contribution in [0.1, 0.15) is 5.69 Å². The van der Waals surface area contributed by atoms with Gasteiger partial charge in [-0.05, 0) is 31.2 Å². The predicted octanol–water partition coefficient (Wildman–Crippen LogP) is 2.05. The number of imidazole rings is 1. The second-order valence-electron chi connectivity index (χ2n) is 7.53. The maximum absolute atomic E-state index is 12.1. The molecule has 0 aliphatic rings. The van der Waals surface area contributed by atoms with Crippen LogP contribution in [-0.2, 0) is 14.6 Å². The van der Waals surface area contributed by atoms with Crippen LogP contribution in [0.5, 0.6) is 0 Å². The number of rotatable bonds is 5. The lowest BCUT2D eigenvalue weighted by molar-refractivity contribution is -0.113. The van der Waals surface area contributed by atoms with Crippen LogP contribution in [0.3, 0.4) is 0 Å². The number of H-pyrrole nitrogens is 1. The van der Waals surface area contributed by atoms with Crippen LogP contribution in [-0.4, -0.2) is 60.8 Å². The van der Waals surface area contributed by atoms with E-state index in [1.807, 2.05) is 29.7 Å². The van der Waals surface area contributed by atoms with E-state index in [2.05, 4.69) is 30.2 Å². The van der Waals surface area contributed by atoms with E-state index < -0.39 is 21.5 Å². The number of anilines is 1. The molecule has 0 spiro atoms. The first kappa shape index (κ1) is 20.7. The van der Waals surface area contributed by atoms with E-state index in [0.29, 0.717) is 39.4 Å². The molecule has 0 unspecified atom stereocenters. The molecule has 1 amide bonds. The van der Waals surface area contributed by atoms with Gasteiger partial charge in [0.05, 0.1) is 11.8 Å². The van der Waals surface area contributed by atoms with Crippen molar-refractivity contribution < 1.29 is 13.2 Å². The molecule has 0 aromatic carbocycles. The molecule has 5 aromatic heterocycles. The summed E-state index contributed by atoms with van der Waals surface area (Å²) in [6, 6.07) is 9.16. The number of amides is 1. The average molecular weight is 462 g/mol. The summed E-state index contributed by atoms with van der Waals surface area (Å²) in [5.41, 5.74) is 3.27. The van der Waals surface area contributed by atoms with Gasteiger partial charge in [-0.3, -0.25) is 9.36 Å². The molecule has 0 fully saturated rings. The lowest BCUT2D eigenvalue weighted by Gasteiger charge is -2.09. The van der Waals surface area contributed by atoms with Crippen molar-refractivity contribution in [2.45, 2.75) is 6.92 Å². The summed E-state index contributed by atoms with van der Waals surface area (Å²) in [7, 11) is -3.47. The maximum Gasteiger partial charge on any atom is 0.240 e. The highest BCUT2D eigenvalue weighted by Gasteiger charge is 2.18. The zero-order chi connectivity index (χ0) is 23.2. The Morgan fingerprint density at radius 2 is 1.97 bits per heavy atom. The Hall–Kier alpha value is -4.19. The number of aromatic nitrogens is 7. The Kier molecular flexibility index (Phi) is 4.86. The van der Waals surface area contributed by atoms with E-state index in [9.17, 15) is 13.2 Å². The average Bonchev–Trinajstić information content (AvgIpc) is 3.39. The maximum atomic E-state index is 12.1. The number of pyridine rings is 2. The van der Waals surface area contributed by atoms with Gasteiger partial charge in [0, 0.05) is 29.7 Å². The Morgan fingerprint density at radius 1 is 1.12 bits per heavy atom. The van der Waals surface area contributed by atoms with E-state index in [0.717, 1.165) is 11.9 Å². The SMILES string of the molecule is Cc1cccc(-c2nc(-n3ccc4c(NC(=O)CS(C)(=O)=O)nccc43)c3[nH]cnc3n2)n1. The van der Waals surface area contributed by atoms with Gasteiger partial charge in [-0.2, -0.15) is 0 Å². The summed E-state index contributed by atoms with van der Waals surface area (Å²) in [5.74, 6) is -0.0537. The van der Waals surface area contributed by atoms with Gasteiger partial charge in [-0.1, -0.05) is 6.07 Å². The minimum Gasteiger partial charge on any atom is -0.340 e. The van der Waals surface area contributed by atoms with Gasteiger partial charge in [0.25, 0.3) is 0 Å². The van der Waals surface area contributed by atoms with E-state index in [-0.39, 0.29) is 5.82 Å². The third-order valence-electron chi connectivity index (χ3n) is 4.88. The monoisotopic (exact) mass is 462 g/mol. The fraction of sp³-hybridized carbons (Fsp3) is 0.143. The Balaban J connectivity index is 1.63. The minimum absolute atomic E-state index is 0.260. The summed E-state index contributed by atoms with van der Waals surface area (Å²) in [4.78, 5) is 37.5. The molecule has 11 nitrogen and oxygen atoms in total. The minimum atomic E-state index is -3.47. The quantitative estimate of drug-likeness (QED) is 0.403. The molecule has 0 aliphatic carbocycles. The van der Waals surface area contributed by atoms with Crippen molar-refractivity contribution in [2.24, 2.45) is 0 Å². The number of hydrogen-bond acceptors (Lipinski definition) is 8. The summed E-state index contributed by atoms with van der Waals surface area (Å²) in [6.07, 6.45) is 5.86. The van der Waals surface area contributed by atoms with Crippen LogP contribution >= 0.6 is 0 Å². The lowest BCUT2D eigenvalue weighted by Crippen LogP contribution is -2.22. The van der Waals surface area contributed by atoms with Crippen molar-refractivity contribution in [3.05, 3.63) is 54.7 Å². The Labute approximate surface area is 187 Å². The predicted molar refractivity (Wildman–Crippen MR) is 123 cm³/mol. The van der Waals surface area contributed by atoms with Crippen molar-refractivity contribution in [1.29, 1.82) is 0 Å². The fourth-order valence-electron chi connectivity index (χ4n) is 3.53. The molecule has 2 N–H and O–H groups in total. The molecule has 5 heterocycles. The first-order valence-corrected chi connectivity index (χ1v) is 11.9. The van der Waals surface area contributed by atoms with Crippen molar-refractivity contribution in [1.82, 2.24) is 34.5 Å². The first-order valence-electron chi connectivity index (χ1n) is 9.88. The van der Waals surface area contributed by atoms with Crippen LogP contribution in [0, 0.1) is 6.92 Å². The lowest BCUT2D eigenvalue weighted by atomic mass is 10.3. The second-order valence-corrected chi connectivity index (χ2v) is 9.67. The summed E-state index contributed by atoms with van der Waals surface area (Å²) < 4.78 is 24.7. The van der Waals surface area contributed by atoms with Gasteiger partial charge in [-0.15, -0.1) is 0 Å². The largest absolute Gasteiger partial charge is 0.340 e. The number of hydrogen-bond donors (Lipinski definition) is 2. The van der Waals surface area contributed by atoms with Crippen molar-refractivity contribution >= 4 is 43.6 Å². The van der Waals surface area contributed by atoms with E-state index in [1.165, 1.54) is 6.20 Å². The summed E-state index contributed by atoms with van der Waals surface area (Å²) in [5, 5.41) is 3.20. The Morgan fingerprint density at radius 3 is 2.76 bits per heavy atom. The van der Waals surface area contributed by atoms with Crippen LogP contribution in [0.15, 0.2) is 49.1 Å². The van der Waals surface area contributed by atoms with Gasteiger partial charge in [0.15, 0.2) is 27.1 Å². The smallest absolute Gasteiger partial charge is 0.240 e. The number of nitrogens with one attached hydrogen (secondary N) is 2. The normalized spacial score (nSPS) is 11.8. The van der Waals surface area contributed by atoms with Gasteiger partial charge in [0.1, 0.15) is 22.8 Å². The molecule has 166 valence electrons. The zero-order valence-electron chi connectivity index (χ0n) is 17.6. The van der Waals surface area contributed by atoms with Crippen molar-refractivity contribution in [2.75, 3.05) is 17.3 Å². The van der Waals surface area contributed by atoms with E-state index in [4.69, 9.17) is 4.98 Å². The standard InChI is InChI=1S/C21H18N8O3S/c1-12-4-3-5-14(25-12)19-27-20-17(23-11-24-20)21(28-19)29-9-7-13-15(29)6-8-22-18(13)26-16(30)10-33(2,31)32/h3-9,11H,10H2,1-2H3,(H,22,26,30)(H,23,24,27,28). The highest BCUT2D eigenvalue weighted by atomic mass is 32.2. The number of nitrogens with zero attached hydrogens (tertiary/aromatic N) is 6. The first-order chi connectivity index (χ1) is 15.8. The van der Waals surface area contributed by atoms with Crippen LogP contribution in [0.4, 0.5) is 5.82 Å². The molecule has 33 heavy (non-hydrogen) atoms. The van der Waals surface area contributed by atoms with Gasteiger partial charge < -0.3 is 10.3 Å². The third-order valence-corrected chi connectivity index (χ3v) is 5.67. The summed E-state index contributed by atoms with van der Waals surface area (Å²) >= 11 is 0. The molecule has 5 aromatic rings. The highest BCUT2D eigenvalue weighted by molar-refractivity contribution is 7.91. The van der Waals surface area contributed by atoms with Crippen LogP contribution in [0.2, 0.25) is 0 Å². The topological polar surface area (TPSA) is 148 Å². The van der Waals surface area contributed by atoms with Gasteiger partial charge >= 0.3 is 0 Å². The van der Waals surface area contributed by atoms with Gasteiger partial charge in [-0.25, -0.2) is 33.3 Å². The molecule has 0 atom stereocenters. The second kappa shape index (κ2) is 7.74. The van der Waals surface area contributed by atoms with Crippen molar-refractivity contribution in [3.8, 4) is 17.3 Å². The molecule has 0 aliphatic heterocycles.